The SMILES string of the molecule is O=[N+]([O-])ONCC1CCCCC1. The van der Waals surface area contributed by atoms with Crippen LogP contribution in [0.15, 0.2) is 0 Å². The van der Waals surface area contributed by atoms with Gasteiger partial charge in [-0.2, -0.15) is 5.48 Å². The molecule has 0 amide bonds. The van der Waals surface area contributed by atoms with Gasteiger partial charge in [0.15, 0.2) is 0 Å². The van der Waals surface area contributed by atoms with Crippen molar-refractivity contribution >= 4 is 0 Å². The summed E-state index contributed by atoms with van der Waals surface area (Å²) in [6.07, 6.45) is 6.10. The normalized spacial score (nSPS) is 19.0. The first-order valence-electron chi connectivity index (χ1n) is 4.33. The van der Waals surface area contributed by atoms with Gasteiger partial charge >= 0.3 is 5.09 Å². The molecule has 1 aliphatic rings. The summed E-state index contributed by atoms with van der Waals surface area (Å²) >= 11 is 0. The molecule has 1 fully saturated rings. The lowest BCUT2D eigenvalue weighted by Gasteiger charge is -2.20. The van der Waals surface area contributed by atoms with E-state index in [2.05, 4.69) is 10.4 Å². The fourth-order valence-electron chi connectivity index (χ4n) is 1.60. The van der Waals surface area contributed by atoms with Gasteiger partial charge in [0.05, 0.1) is 0 Å². The Balaban J connectivity index is 2.01. The van der Waals surface area contributed by atoms with Crippen molar-refractivity contribution in [2.24, 2.45) is 5.92 Å². The zero-order valence-electron chi connectivity index (χ0n) is 6.99. The van der Waals surface area contributed by atoms with Crippen LogP contribution in [0.1, 0.15) is 32.1 Å². The minimum atomic E-state index is -0.817. The average molecular weight is 174 g/mol. The van der Waals surface area contributed by atoms with Crippen molar-refractivity contribution in [3.63, 3.8) is 0 Å². The van der Waals surface area contributed by atoms with Gasteiger partial charge < -0.3 is 0 Å². The summed E-state index contributed by atoms with van der Waals surface area (Å²) in [4.78, 5) is 13.8. The summed E-state index contributed by atoms with van der Waals surface area (Å²) in [5, 5.41) is 8.95. The minimum Gasteiger partial charge on any atom is -0.220 e. The molecule has 5 heteroatoms. The highest BCUT2D eigenvalue weighted by molar-refractivity contribution is 4.65. The Morgan fingerprint density at radius 2 is 2.08 bits per heavy atom. The standard InChI is InChI=1S/C7H14N2O3/c10-9(11)12-8-6-7-4-2-1-3-5-7/h7-8H,1-6H2. The van der Waals surface area contributed by atoms with Gasteiger partial charge in [0.1, 0.15) is 0 Å². The van der Waals surface area contributed by atoms with Gasteiger partial charge in [-0.1, -0.05) is 19.3 Å². The quantitative estimate of drug-likeness (QED) is 0.515. The van der Waals surface area contributed by atoms with Gasteiger partial charge in [-0.3, -0.25) is 0 Å². The van der Waals surface area contributed by atoms with E-state index in [1.54, 1.807) is 0 Å². The molecule has 0 spiro atoms. The molecule has 0 bridgehead atoms. The van der Waals surface area contributed by atoms with Gasteiger partial charge in [0.2, 0.25) is 0 Å². The van der Waals surface area contributed by atoms with Crippen molar-refractivity contribution in [1.29, 1.82) is 0 Å². The number of hydrogen-bond donors (Lipinski definition) is 1. The summed E-state index contributed by atoms with van der Waals surface area (Å²) in [5.41, 5.74) is 2.36. The molecule has 0 aromatic rings. The molecule has 0 unspecified atom stereocenters. The van der Waals surface area contributed by atoms with Crippen molar-refractivity contribution in [2.45, 2.75) is 32.1 Å². The number of nitrogens with one attached hydrogen (secondary N) is 1. The van der Waals surface area contributed by atoms with Crippen LogP contribution < -0.4 is 5.48 Å². The summed E-state index contributed by atoms with van der Waals surface area (Å²) in [6, 6.07) is 0. The van der Waals surface area contributed by atoms with Gasteiger partial charge in [-0.15, -0.1) is 10.1 Å². The summed E-state index contributed by atoms with van der Waals surface area (Å²) in [5.74, 6) is 0.554. The van der Waals surface area contributed by atoms with Crippen LogP contribution in [0, 0.1) is 16.0 Å². The van der Waals surface area contributed by atoms with Gasteiger partial charge in [0, 0.05) is 6.54 Å². The van der Waals surface area contributed by atoms with Crippen molar-refractivity contribution in [2.75, 3.05) is 6.54 Å². The molecular weight excluding hydrogens is 160 g/mol. The Labute approximate surface area is 71.1 Å². The molecule has 1 saturated carbocycles. The highest BCUT2D eigenvalue weighted by atomic mass is 17.0. The van der Waals surface area contributed by atoms with E-state index >= 15 is 0 Å². The van der Waals surface area contributed by atoms with Crippen LogP contribution in [0.5, 0.6) is 0 Å². The topological polar surface area (TPSA) is 64.4 Å². The lowest BCUT2D eigenvalue weighted by Crippen LogP contribution is -2.26. The molecule has 0 aliphatic heterocycles. The van der Waals surface area contributed by atoms with Crippen LogP contribution in [0.25, 0.3) is 0 Å². The molecule has 70 valence electrons. The third kappa shape index (κ3) is 3.52. The van der Waals surface area contributed by atoms with Gasteiger partial charge in [-0.05, 0) is 18.8 Å². The first-order chi connectivity index (χ1) is 5.79. The molecular formula is C7H14N2O3. The second-order valence-electron chi connectivity index (χ2n) is 3.17. The fraction of sp³-hybridized carbons (Fsp3) is 1.00. The molecule has 0 heterocycles. The van der Waals surface area contributed by atoms with Gasteiger partial charge in [-0.25, -0.2) is 4.94 Å². The van der Waals surface area contributed by atoms with E-state index in [9.17, 15) is 10.1 Å². The number of rotatable bonds is 4. The average Bonchev–Trinajstić information content (AvgIpc) is 2.05. The van der Waals surface area contributed by atoms with E-state index in [1.807, 2.05) is 0 Å². The largest absolute Gasteiger partial charge is 0.311 e. The minimum absolute atomic E-state index is 0.554. The highest BCUT2D eigenvalue weighted by Gasteiger charge is 2.12. The third-order valence-corrected chi connectivity index (χ3v) is 2.24. The zero-order valence-corrected chi connectivity index (χ0v) is 6.99. The van der Waals surface area contributed by atoms with E-state index in [4.69, 9.17) is 0 Å². The Morgan fingerprint density at radius 3 is 2.67 bits per heavy atom. The molecule has 0 aromatic heterocycles. The Kier molecular flexibility index (Phi) is 3.79. The zero-order chi connectivity index (χ0) is 8.81. The van der Waals surface area contributed by atoms with E-state index < -0.39 is 5.09 Å². The van der Waals surface area contributed by atoms with Crippen LogP contribution in [0.4, 0.5) is 0 Å². The monoisotopic (exact) mass is 174 g/mol. The van der Waals surface area contributed by atoms with Crippen LogP contribution in [-0.4, -0.2) is 11.6 Å². The van der Waals surface area contributed by atoms with E-state index in [1.165, 1.54) is 19.3 Å². The molecule has 1 N–H and O–H groups in total. The van der Waals surface area contributed by atoms with Crippen LogP contribution >= 0.6 is 0 Å². The van der Waals surface area contributed by atoms with Crippen molar-refractivity contribution in [3.05, 3.63) is 10.1 Å². The van der Waals surface area contributed by atoms with Crippen molar-refractivity contribution in [3.8, 4) is 0 Å². The second kappa shape index (κ2) is 4.92. The summed E-state index contributed by atoms with van der Waals surface area (Å²) in [6.45, 7) is 0.598. The first-order valence-corrected chi connectivity index (χ1v) is 4.33. The lowest BCUT2D eigenvalue weighted by atomic mass is 9.89. The Morgan fingerprint density at radius 1 is 1.42 bits per heavy atom. The maximum Gasteiger partial charge on any atom is 0.311 e. The predicted molar refractivity (Wildman–Crippen MR) is 42.7 cm³/mol. The van der Waals surface area contributed by atoms with Crippen molar-refractivity contribution < 1.29 is 10.0 Å². The summed E-state index contributed by atoms with van der Waals surface area (Å²) in [7, 11) is 0. The second-order valence-corrected chi connectivity index (χ2v) is 3.17. The van der Waals surface area contributed by atoms with Crippen LogP contribution in [-0.2, 0) is 4.94 Å². The van der Waals surface area contributed by atoms with Crippen LogP contribution in [0.3, 0.4) is 0 Å². The maximum absolute atomic E-state index is 9.76. The van der Waals surface area contributed by atoms with E-state index in [0.717, 1.165) is 12.8 Å². The highest BCUT2D eigenvalue weighted by Crippen LogP contribution is 2.22. The maximum atomic E-state index is 9.76. The number of hydroxylamine groups is 1. The molecule has 1 aliphatic carbocycles. The molecule has 0 atom stereocenters. The molecule has 5 nitrogen and oxygen atoms in total. The molecule has 0 aromatic carbocycles. The summed E-state index contributed by atoms with van der Waals surface area (Å²) < 4.78 is 0. The van der Waals surface area contributed by atoms with Gasteiger partial charge in [0.25, 0.3) is 0 Å². The first kappa shape index (κ1) is 9.25. The van der Waals surface area contributed by atoms with Crippen molar-refractivity contribution in [1.82, 2.24) is 5.48 Å². The Bertz CT molecular complexity index is 146. The smallest absolute Gasteiger partial charge is 0.220 e. The fourth-order valence-corrected chi connectivity index (χ4v) is 1.60. The molecule has 0 radical (unpaired) electrons. The predicted octanol–water partition coefficient (Wildman–Crippen LogP) is 1.28. The van der Waals surface area contributed by atoms with E-state index in [0.29, 0.717) is 12.5 Å². The van der Waals surface area contributed by atoms with E-state index in [-0.39, 0.29) is 0 Å². The number of nitrogens with zero attached hydrogens (tertiary/aromatic N) is 1. The lowest BCUT2D eigenvalue weighted by molar-refractivity contribution is -0.776. The Hall–Kier alpha value is -0.840. The molecule has 12 heavy (non-hydrogen) atoms. The third-order valence-electron chi connectivity index (χ3n) is 2.24. The number of hydrogen-bond acceptors (Lipinski definition) is 4. The van der Waals surface area contributed by atoms with Crippen LogP contribution in [0.2, 0.25) is 0 Å². The molecule has 1 rings (SSSR count). The molecule has 0 saturated heterocycles.